The third kappa shape index (κ3) is 2.78. The van der Waals surface area contributed by atoms with Gasteiger partial charge in [0, 0.05) is 15.6 Å². The fourth-order valence-electron chi connectivity index (χ4n) is 1.55. The quantitative estimate of drug-likeness (QED) is 0.883. The van der Waals surface area contributed by atoms with Crippen LogP contribution in [0.2, 0.25) is 10.0 Å². The first-order chi connectivity index (χ1) is 8.06. The van der Waals surface area contributed by atoms with Gasteiger partial charge >= 0.3 is 0 Å². The zero-order valence-corrected chi connectivity index (χ0v) is 10.3. The molecule has 0 spiro atoms. The van der Waals surface area contributed by atoms with Crippen LogP contribution in [0.3, 0.4) is 0 Å². The van der Waals surface area contributed by atoms with Gasteiger partial charge in [-0.15, -0.1) is 0 Å². The van der Waals surface area contributed by atoms with Crippen molar-refractivity contribution < 1.29 is 4.79 Å². The minimum atomic E-state index is -0.444. The molecular weight excluding hydrogens is 257 g/mol. The Hall–Kier alpha value is -1.51. The van der Waals surface area contributed by atoms with Crippen LogP contribution in [0.1, 0.15) is 10.4 Å². The first-order valence-corrected chi connectivity index (χ1v) is 5.68. The van der Waals surface area contributed by atoms with Gasteiger partial charge in [-0.1, -0.05) is 35.3 Å². The van der Waals surface area contributed by atoms with Gasteiger partial charge in [0.1, 0.15) is 0 Å². The molecule has 0 bridgehead atoms. The van der Waals surface area contributed by atoms with Gasteiger partial charge in [-0.05, 0) is 41.5 Å². The van der Waals surface area contributed by atoms with Gasteiger partial charge in [0.15, 0.2) is 0 Å². The van der Waals surface area contributed by atoms with E-state index in [0.29, 0.717) is 15.6 Å². The summed E-state index contributed by atoms with van der Waals surface area (Å²) in [6, 6.07) is 12.3. The van der Waals surface area contributed by atoms with Crippen LogP contribution in [-0.4, -0.2) is 5.91 Å². The highest BCUT2D eigenvalue weighted by Crippen LogP contribution is 2.27. The van der Waals surface area contributed by atoms with Crippen LogP contribution in [0.25, 0.3) is 11.1 Å². The van der Waals surface area contributed by atoms with Crippen molar-refractivity contribution in [2.24, 2.45) is 5.73 Å². The van der Waals surface area contributed by atoms with E-state index >= 15 is 0 Å². The molecule has 2 aromatic carbocycles. The van der Waals surface area contributed by atoms with Crippen LogP contribution in [0.5, 0.6) is 0 Å². The molecule has 2 rings (SSSR count). The summed E-state index contributed by atoms with van der Waals surface area (Å²) < 4.78 is 0. The Morgan fingerprint density at radius 3 is 1.88 bits per heavy atom. The van der Waals surface area contributed by atoms with Crippen molar-refractivity contribution in [3.8, 4) is 11.1 Å². The van der Waals surface area contributed by atoms with E-state index in [1.807, 2.05) is 24.3 Å². The van der Waals surface area contributed by atoms with Gasteiger partial charge in [0.2, 0.25) is 5.91 Å². The summed E-state index contributed by atoms with van der Waals surface area (Å²) in [6.45, 7) is 0. The summed E-state index contributed by atoms with van der Waals surface area (Å²) in [5, 5.41) is 1.15. The minimum Gasteiger partial charge on any atom is -0.366 e. The van der Waals surface area contributed by atoms with Crippen LogP contribution in [0.4, 0.5) is 0 Å². The molecule has 0 aromatic heterocycles. The molecule has 0 atom stereocenters. The summed E-state index contributed by atoms with van der Waals surface area (Å²) in [7, 11) is 0. The predicted molar refractivity (Wildman–Crippen MR) is 70.4 cm³/mol. The molecule has 0 saturated heterocycles. The fraction of sp³-hybridized carbons (Fsp3) is 0. The summed E-state index contributed by atoms with van der Waals surface area (Å²) in [4.78, 5) is 10.9. The lowest BCUT2D eigenvalue weighted by Gasteiger charge is -2.04. The van der Waals surface area contributed by atoms with E-state index in [1.165, 1.54) is 0 Å². The number of halogens is 2. The van der Waals surface area contributed by atoms with Crippen LogP contribution in [0.15, 0.2) is 42.5 Å². The normalized spacial score (nSPS) is 10.2. The van der Waals surface area contributed by atoms with Crippen molar-refractivity contribution in [3.05, 3.63) is 58.1 Å². The highest BCUT2D eigenvalue weighted by molar-refractivity contribution is 6.35. The maximum Gasteiger partial charge on any atom is 0.248 e. The number of benzene rings is 2. The Morgan fingerprint density at radius 1 is 0.882 bits per heavy atom. The number of rotatable bonds is 2. The largest absolute Gasteiger partial charge is 0.366 e. The zero-order valence-electron chi connectivity index (χ0n) is 8.78. The number of hydrogen-bond acceptors (Lipinski definition) is 1. The second kappa shape index (κ2) is 4.78. The highest BCUT2D eigenvalue weighted by Gasteiger charge is 2.03. The monoisotopic (exact) mass is 265 g/mol. The third-order valence-electron chi connectivity index (χ3n) is 2.37. The van der Waals surface area contributed by atoms with E-state index in [4.69, 9.17) is 28.9 Å². The number of nitrogens with two attached hydrogens (primary N) is 1. The van der Waals surface area contributed by atoms with Crippen molar-refractivity contribution in [1.82, 2.24) is 0 Å². The van der Waals surface area contributed by atoms with Crippen LogP contribution < -0.4 is 5.73 Å². The van der Waals surface area contributed by atoms with Crippen molar-refractivity contribution in [2.45, 2.75) is 0 Å². The second-order valence-electron chi connectivity index (χ2n) is 3.60. The lowest BCUT2D eigenvalue weighted by molar-refractivity contribution is 0.100. The van der Waals surface area contributed by atoms with E-state index in [0.717, 1.165) is 11.1 Å². The molecule has 0 radical (unpaired) electrons. The average molecular weight is 266 g/mol. The minimum absolute atomic E-state index is 0.444. The molecule has 17 heavy (non-hydrogen) atoms. The van der Waals surface area contributed by atoms with Crippen molar-refractivity contribution in [2.75, 3.05) is 0 Å². The molecule has 2 N–H and O–H groups in total. The maximum atomic E-state index is 10.9. The van der Waals surface area contributed by atoms with Crippen molar-refractivity contribution >= 4 is 29.1 Å². The van der Waals surface area contributed by atoms with Gasteiger partial charge in [-0.25, -0.2) is 0 Å². The predicted octanol–water partition coefficient (Wildman–Crippen LogP) is 3.76. The molecule has 0 unspecified atom stereocenters. The lowest BCUT2D eigenvalue weighted by Crippen LogP contribution is -2.10. The molecule has 0 heterocycles. The smallest absolute Gasteiger partial charge is 0.248 e. The number of amides is 1. The molecule has 2 nitrogen and oxygen atoms in total. The van der Waals surface area contributed by atoms with E-state index < -0.39 is 5.91 Å². The molecule has 4 heteroatoms. The summed E-state index contributed by atoms with van der Waals surface area (Å²) >= 11 is 11.8. The standard InChI is InChI=1S/C13H9Cl2NO/c14-11-5-10(6-12(15)7-11)8-1-3-9(4-2-8)13(16)17/h1-7H,(H2,16,17). The van der Waals surface area contributed by atoms with E-state index in [9.17, 15) is 4.79 Å². The molecule has 2 aromatic rings. The molecule has 0 fully saturated rings. The average Bonchev–Trinajstić information content (AvgIpc) is 2.28. The molecule has 1 amide bonds. The Labute approximate surface area is 109 Å². The molecule has 0 aliphatic rings. The molecule has 86 valence electrons. The zero-order chi connectivity index (χ0) is 12.4. The van der Waals surface area contributed by atoms with Gasteiger partial charge in [-0.3, -0.25) is 4.79 Å². The highest BCUT2D eigenvalue weighted by atomic mass is 35.5. The topological polar surface area (TPSA) is 43.1 Å². The van der Waals surface area contributed by atoms with Gasteiger partial charge in [-0.2, -0.15) is 0 Å². The SMILES string of the molecule is NC(=O)c1ccc(-c2cc(Cl)cc(Cl)c2)cc1. The third-order valence-corrected chi connectivity index (χ3v) is 2.80. The van der Waals surface area contributed by atoms with Crippen LogP contribution >= 0.6 is 23.2 Å². The number of primary amides is 1. The van der Waals surface area contributed by atoms with Crippen molar-refractivity contribution in [1.29, 1.82) is 0 Å². The van der Waals surface area contributed by atoms with Gasteiger partial charge in [0.25, 0.3) is 0 Å². The fourth-order valence-corrected chi connectivity index (χ4v) is 2.07. The van der Waals surface area contributed by atoms with E-state index in [2.05, 4.69) is 0 Å². The Balaban J connectivity index is 2.43. The van der Waals surface area contributed by atoms with E-state index in [1.54, 1.807) is 18.2 Å². The maximum absolute atomic E-state index is 10.9. The lowest BCUT2D eigenvalue weighted by atomic mass is 10.0. The first kappa shape index (κ1) is 12.0. The Kier molecular flexibility index (Phi) is 3.36. The number of hydrogen-bond donors (Lipinski definition) is 1. The van der Waals surface area contributed by atoms with Crippen LogP contribution in [0, 0.1) is 0 Å². The number of carbonyl (C=O) groups is 1. The van der Waals surface area contributed by atoms with Gasteiger partial charge in [0.05, 0.1) is 0 Å². The second-order valence-corrected chi connectivity index (χ2v) is 4.47. The van der Waals surface area contributed by atoms with Crippen molar-refractivity contribution in [3.63, 3.8) is 0 Å². The summed E-state index contributed by atoms with van der Waals surface area (Å²) in [5.41, 5.74) is 7.47. The molecule has 0 saturated carbocycles. The van der Waals surface area contributed by atoms with Gasteiger partial charge < -0.3 is 5.73 Å². The number of carbonyl (C=O) groups excluding carboxylic acids is 1. The Bertz CT molecular complexity index is 544. The molecule has 0 aliphatic heterocycles. The molecular formula is C13H9Cl2NO. The van der Waals surface area contributed by atoms with Crippen LogP contribution in [-0.2, 0) is 0 Å². The van der Waals surface area contributed by atoms with E-state index in [-0.39, 0.29) is 0 Å². The summed E-state index contributed by atoms with van der Waals surface area (Å²) in [6.07, 6.45) is 0. The molecule has 0 aliphatic carbocycles. The first-order valence-electron chi connectivity index (χ1n) is 4.92. The summed E-state index contributed by atoms with van der Waals surface area (Å²) in [5.74, 6) is -0.444. The Morgan fingerprint density at radius 2 is 1.41 bits per heavy atom.